The molecule has 0 unspecified atom stereocenters. The van der Waals surface area contributed by atoms with Gasteiger partial charge in [0.2, 0.25) is 5.91 Å². The highest BCUT2D eigenvalue weighted by atomic mass is 16.4. The van der Waals surface area contributed by atoms with Gasteiger partial charge >= 0.3 is 5.97 Å². The van der Waals surface area contributed by atoms with Crippen molar-refractivity contribution in [1.29, 1.82) is 0 Å². The van der Waals surface area contributed by atoms with Crippen molar-refractivity contribution >= 4 is 11.9 Å². The normalized spacial score (nSPS) is 13.7. The van der Waals surface area contributed by atoms with Crippen molar-refractivity contribution in [1.82, 2.24) is 5.32 Å². The van der Waals surface area contributed by atoms with Crippen molar-refractivity contribution in [2.75, 3.05) is 6.54 Å². The quantitative estimate of drug-likeness (QED) is 0.808. The maximum absolute atomic E-state index is 12.0. The molecule has 0 aliphatic heterocycles. The van der Waals surface area contributed by atoms with E-state index in [1.54, 1.807) is 0 Å². The number of amides is 1. The van der Waals surface area contributed by atoms with Gasteiger partial charge in [-0.2, -0.15) is 0 Å². The summed E-state index contributed by atoms with van der Waals surface area (Å²) in [5, 5.41) is 11.0. The molecule has 0 bridgehead atoms. The first-order valence-corrected chi connectivity index (χ1v) is 6.02. The summed E-state index contributed by atoms with van der Waals surface area (Å²) in [6.45, 7) is 3.46. The Morgan fingerprint density at radius 1 is 1.28 bits per heavy atom. The average molecular weight is 249 g/mol. The molecule has 98 valence electrons. The molecule has 0 fully saturated rings. The van der Waals surface area contributed by atoms with Crippen molar-refractivity contribution in [3.05, 3.63) is 35.9 Å². The van der Waals surface area contributed by atoms with Gasteiger partial charge in [-0.25, -0.2) is 0 Å². The largest absolute Gasteiger partial charge is 0.480 e. The smallest absolute Gasteiger partial charge is 0.322 e. The maximum atomic E-state index is 12.0. The van der Waals surface area contributed by atoms with Crippen LogP contribution in [0.1, 0.15) is 25.8 Å². The topological polar surface area (TPSA) is 66.4 Å². The molecular formula is C14H19NO3. The second-order valence-electron chi connectivity index (χ2n) is 4.65. The van der Waals surface area contributed by atoms with Gasteiger partial charge in [0.25, 0.3) is 0 Å². The number of rotatable bonds is 6. The van der Waals surface area contributed by atoms with Crippen molar-refractivity contribution in [3.63, 3.8) is 0 Å². The van der Waals surface area contributed by atoms with Crippen LogP contribution in [0.3, 0.4) is 0 Å². The third-order valence-corrected chi connectivity index (χ3v) is 3.17. The van der Waals surface area contributed by atoms with Gasteiger partial charge in [0, 0.05) is 0 Å². The zero-order valence-corrected chi connectivity index (χ0v) is 10.8. The molecule has 0 heterocycles. The Morgan fingerprint density at radius 2 is 1.89 bits per heavy atom. The zero-order chi connectivity index (χ0) is 13.6. The number of hydrogen-bond acceptors (Lipinski definition) is 2. The fraction of sp³-hybridized carbons (Fsp3) is 0.429. The summed E-state index contributed by atoms with van der Waals surface area (Å²) in [6.07, 6.45) is 1.27. The molecule has 0 aliphatic carbocycles. The lowest BCUT2D eigenvalue weighted by molar-refractivity contribution is -0.139. The molecule has 0 aliphatic rings. The van der Waals surface area contributed by atoms with Crippen LogP contribution in [0, 0.1) is 5.41 Å². The van der Waals surface area contributed by atoms with Crippen molar-refractivity contribution in [3.8, 4) is 0 Å². The van der Waals surface area contributed by atoms with E-state index < -0.39 is 11.4 Å². The minimum Gasteiger partial charge on any atom is -0.480 e. The highest BCUT2D eigenvalue weighted by molar-refractivity contribution is 5.85. The Bertz CT molecular complexity index is 416. The number of benzene rings is 1. The third kappa shape index (κ3) is 3.87. The van der Waals surface area contributed by atoms with Crippen molar-refractivity contribution in [2.24, 2.45) is 5.41 Å². The zero-order valence-electron chi connectivity index (χ0n) is 10.8. The van der Waals surface area contributed by atoms with Gasteiger partial charge in [-0.15, -0.1) is 0 Å². The van der Waals surface area contributed by atoms with Crippen LogP contribution < -0.4 is 5.32 Å². The molecule has 0 saturated heterocycles. The Morgan fingerprint density at radius 3 is 2.39 bits per heavy atom. The molecule has 1 aromatic carbocycles. The van der Waals surface area contributed by atoms with Crippen LogP contribution in [0.15, 0.2) is 30.3 Å². The standard InChI is InChI=1S/C14H19NO3/c1-3-14(2,13(18)15-10-12(16)17)9-11-7-5-4-6-8-11/h4-8H,3,9-10H2,1-2H3,(H,15,18)(H,16,17)/t14-/m1/s1. The minimum atomic E-state index is -1.03. The summed E-state index contributed by atoms with van der Waals surface area (Å²) in [5.41, 5.74) is 0.504. The number of nitrogens with one attached hydrogen (secondary N) is 1. The molecule has 18 heavy (non-hydrogen) atoms. The SMILES string of the molecule is CC[C@](C)(Cc1ccccc1)C(=O)NCC(=O)O. The first kappa shape index (κ1) is 14.2. The summed E-state index contributed by atoms with van der Waals surface area (Å²) in [5.74, 6) is -1.24. The van der Waals surface area contributed by atoms with Crippen LogP contribution in [0.25, 0.3) is 0 Å². The molecule has 0 saturated carbocycles. The number of carboxylic acids is 1. The summed E-state index contributed by atoms with van der Waals surface area (Å²) in [7, 11) is 0. The van der Waals surface area contributed by atoms with E-state index in [4.69, 9.17) is 5.11 Å². The first-order valence-electron chi connectivity index (χ1n) is 6.02. The lowest BCUT2D eigenvalue weighted by atomic mass is 9.80. The molecule has 4 heteroatoms. The minimum absolute atomic E-state index is 0.212. The van der Waals surface area contributed by atoms with E-state index in [0.717, 1.165) is 5.56 Å². The van der Waals surface area contributed by atoms with Crippen LogP contribution in [-0.4, -0.2) is 23.5 Å². The lowest BCUT2D eigenvalue weighted by Crippen LogP contribution is -2.42. The summed E-state index contributed by atoms with van der Waals surface area (Å²) < 4.78 is 0. The van der Waals surface area contributed by atoms with E-state index in [9.17, 15) is 9.59 Å². The van der Waals surface area contributed by atoms with E-state index in [1.807, 2.05) is 44.2 Å². The fourth-order valence-corrected chi connectivity index (χ4v) is 1.78. The van der Waals surface area contributed by atoms with E-state index >= 15 is 0 Å². The Labute approximate surface area is 107 Å². The second-order valence-corrected chi connectivity index (χ2v) is 4.65. The molecule has 0 radical (unpaired) electrons. The Balaban J connectivity index is 2.72. The maximum Gasteiger partial charge on any atom is 0.322 e. The van der Waals surface area contributed by atoms with E-state index in [0.29, 0.717) is 12.8 Å². The average Bonchev–Trinajstić information content (AvgIpc) is 2.36. The summed E-state index contributed by atoms with van der Waals surface area (Å²) in [4.78, 5) is 22.5. The number of carbonyl (C=O) groups excluding carboxylic acids is 1. The second kappa shape index (κ2) is 6.19. The highest BCUT2D eigenvalue weighted by Crippen LogP contribution is 2.26. The van der Waals surface area contributed by atoms with Gasteiger partial charge in [-0.1, -0.05) is 44.2 Å². The molecule has 1 aromatic rings. The monoisotopic (exact) mass is 249 g/mol. The molecule has 2 N–H and O–H groups in total. The van der Waals surface area contributed by atoms with Gasteiger partial charge in [0.05, 0.1) is 5.41 Å². The lowest BCUT2D eigenvalue weighted by Gasteiger charge is -2.26. The molecule has 1 amide bonds. The van der Waals surface area contributed by atoms with Crippen LogP contribution in [0.4, 0.5) is 0 Å². The fourth-order valence-electron chi connectivity index (χ4n) is 1.78. The summed E-state index contributed by atoms with van der Waals surface area (Å²) >= 11 is 0. The van der Waals surface area contributed by atoms with Gasteiger partial charge in [0.1, 0.15) is 6.54 Å². The van der Waals surface area contributed by atoms with Crippen LogP contribution in [0.2, 0.25) is 0 Å². The predicted molar refractivity (Wildman–Crippen MR) is 69.2 cm³/mol. The van der Waals surface area contributed by atoms with Crippen molar-refractivity contribution in [2.45, 2.75) is 26.7 Å². The highest BCUT2D eigenvalue weighted by Gasteiger charge is 2.31. The molecule has 1 atom stereocenters. The van der Waals surface area contributed by atoms with Crippen molar-refractivity contribution < 1.29 is 14.7 Å². The van der Waals surface area contributed by atoms with E-state index in [1.165, 1.54) is 0 Å². The molecular weight excluding hydrogens is 230 g/mol. The van der Waals surface area contributed by atoms with Gasteiger partial charge in [-0.05, 0) is 18.4 Å². The molecule has 0 aromatic heterocycles. The number of carbonyl (C=O) groups is 2. The number of carboxylic acid groups (broad SMARTS) is 1. The van der Waals surface area contributed by atoms with Crippen LogP contribution in [0.5, 0.6) is 0 Å². The Kier molecular flexibility index (Phi) is 4.89. The van der Waals surface area contributed by atoms with Gasteiger partial charge in [-0.3, -0.25) is 9.59 Å². The molecule has 0 spiro atoms. The third-order valence-electron chi connectivity index (χ3n) is 3.17. The molecule has 4 nitrogen and oxygen atoms in total. The van der Waals surface area contributed by atoms with Crippen LogP contribution >= 0.6 is 0 Å². The number of hydrogen-bond donors (Lipinski definition) is 2. The van der Waals surface area contributed by atoms with E-state index in [-0.39, 0.29) is 12.5 Å². The molecule has 1 rings (SSSR count). The summed E-state index contributed by atoms with van der Waals surface area (Å²) in [6, 6.07) is 9.73. The first-order chi connectivity index (χ1) is 8.48. The Hall–Kier alpha value is -1.84. The number of aliphatic carboxylic acids is 1. The van der Waals surface area contributed by atoms with E-state index in [2.05, 4.69) is 5.32 Å². The van der Waals surface area contributed by atoms with Gasteiger partial charge < -0.3 is 10.4 Å². The van der Waals surface area contributed by atoms with Gasteiger partial charge in [0.15, 0.2) is 0 Å². The predicted octanol–water partition coefficient (Wildman–Crippen LogP) is 1.85. The van der Waals surface area contributed by atoms with Crippen LogP contribution in [-0.2, 0) is 16.0 Å².